The van der Waals surface area contributed by atoms with Crippen molar-refractivity contribution in [2.24, 2.45) is 0 Å². The summed E-state index contributed by atoms with van der Waals surface area (Å²) in [4.78, 5) is 12.6. The molecule has 0 unspecified atom stereocenters. The Hall–Kier alpha value is -2.04. The zero-order valence-electron chi connectivity index (χ0n) is 14.1. The largest absolute Gasteiger partial charge is 0.492 e. The molecule has 1 amide bonds. The van der Waals surface area contributed by atoms with Gasteiger partial charge < -0.3 is 15.4 Å². The molecule has 2 aromatic rings. The second-order valence-electron chi connectivity index (χ2n) is 5.46. The maximum atomic E-state index is 12.6. The Balaban J connectivity index is 2.11. The Kier molecular flexibility index (Phi) is 7.09. The number of carbonyl (C=O) groups excluding carboxylic acids is 1. The third-order valence-electron chi connectivity index (χ3n) is 3.56. The number of likely N-dealkylation sites (N-methyl/N-ethyl adjacent to an activating group) is 1. The number of hydrogen-bond acceptors (Lipinski definition) is 3. The molecular formula is C19H23ClN2O2. The summed E-state index contributed by atoms with van der Waals surface area (Å²) in [6.07, 6.45) is 1.71. The highest BCUT2D eigenvalue weighted by atomic mass is 35.5. The van der Waals surface area contributed by atoms with E-state index in [4.69, 9.17) is 16.3 Å². The Morgan fingerprint density at radius 2 is 2.00 bits per heavy atom. The van der Waals surface area contributed by atoms with Crippen molar-refractivity contribution in [2.45, 2.75) is 19.8 Å². The normalized spacial score (nSPS) is 10.5. The van der Waals surface area contributed by atoms with Crippen molar-refractivity contribution >= 4 is 23.2 Å². The highest BCUT2D eigenvalue weighted by Crippen LogP contribution is 2.28. The molecule has 0 saturated carbocycles. The predicted octanol–water partition coefficient (Wildman–Crippen LogP) is 4.14. The number of amides is 1. The van der Waals surface area contributed by atoms with Crippen LogP contribution in [0.5, 0.6) is 5.75 Å². The minimum absolute atomic E-state index is 0.139. The maximum absolute atomic E-state index is 12.6. The third-order valence-corrected chi connectivity index (χ3v) is 3.85. The van der Waals surface area contributed by atoms with Crippen LogP contribution >= 0.6 is 11.6 Å². The summed E-state index contributed by atoms with van der Waals surface area (Å²) in [6, 6.07) is 12.9. The van der Waals surface area contributed by atoms with Crippen molar-refractivity contribution in [3.63, 3.8) is 0 Å². The quantitative estimate of drug-likeness (QED) is 0.755. The molecule has 0 aliphatic carbocycles. The maximum Gasteiger partial charge on any atom is 0.255 e. The number of halogens is 1. The summed E-state index contributed by atoms with van der Waals surface area (Å²) in [6.45, 7) is 3.47. The topological polar surface area (TPSA) is 50.4 Å². The molecule has 128 valence electrons. The molecule has 0 aliphatic rings. The second kappa shape index (κ2) is 9.30. The lowest BCUT2D eigenvalue weighted by molar-refractivity contribution is 0.102. The van der Waals surface area contributed by atoms with Gasteiger partial charge in [-0.15, -0.1) is 0 Å². The van der Waals surface area contributed by atoms with Gasteiger partial charge in [0.1, 0.15) is 5.75 Å². The zero-order chi connectivity index (χ0) is 17.4. The zero-order valence-corrected chi connectivity index (χ0v) is 14.8. The van der Waals surface area contributed by atoms with Gasteiger partial charge in [-0.2, -0.15) is 0 Å². The van der Waals surface area contributed by atoms with Crippen molar-refractivity contribution in [1.82, 2.24) is 5.32 Å². The van der Waals surface area contributed by atoms with E-state index in [2.05, 4.69) is 10.6 Å². The summed E-state index contributed by atoms with van der Waals surface area (Å²) in [5, 5.41) is 6.49. The smallest absolute Gasteiger partial charge is 0.255 e. The number of ether oxygens (including phenoxy) is 1. The molecule has 0 aliphatic heterocycles. The van der Waals surface area contributed by atoms with Crippen molar-refractivity contribution in [3.8, 4) is 5.75 Å². The third kappa shape index (κ3) is 4.98. The number of rotatable bonds is 8. The van der Waals surface area contributed by atoms with Gasteiger partial charge in [-0.3, -0.25) is 4.79 Å². The fraction of sp³-hybridized carbons (Fsp3) is 0.316. The second-order valence-corrected chi connectivity index (χ2v) is 5.87. The van der Waals surface area contributed by atoms with E-state index in [9.17, 15) is 4.79 Å². The average molecular weight is 347 g/mol. The lowest BCUT2D eigenvalue weighted by Gasteiger charge is -2.12. The number of benzene rings is 2. The van der Waals surface area contributed by atoms with Crippen LogP contribution in [-0.4, -0.2) is 26.1 Å². The number of anilines is 1. The number of nitrogens with one attached hydrogen (secondary N) is 2. The van der Waals surface area contributed by atoms with E-state index in [0.29, 0.717) is 28.6 Å². The molecule has 0 heterocycles. The summed E-state index contributed by atoms with van der Waals surface area (Å²) in [5.74, 6) is 0.492. The van der Waals surface area contributed by atoms with Crippen LogP contribution in [0.15, 0.2) is 42.5 Å². The summed E-state index contributed by atoms with van der Waals surface area (Å²) >= 11 is 6.21. The van der Waals surface area contributed by atoms with E-state index in [1.807, 2.05) is 38.2 Å². The molecule has 5 heteroatoms. The van der Waals surface area contributed by atoms with Crippen LogP contribution in [0.4, 0.5) is 5.69 Å². The lowest BCUT2D eigenvalue weighted by atomic mass is 10.0. The highest BCUT2D eigenvalue weighted by molar-refractivity contribution is 6.32. The number of carbonyl (C=O) groups is 1. The molecule has 0 fully saturated rings. The van der Waals surface area contributed by atoms with Crippen molar-refractivity contribution in [2.75, 3.05) is 25.5 Å². The van der Waals surface area contributed by atoms with E-state index < -0.39 is 0 Å². The Bertz CT molecular complexity index is 689. The first-order valence-corrected chi connectivity index (χ1v) is 8.49. The lowest BCUT2D eigenvalue weighted by Crippen LogP contribution is -2.17. The van der Waals surface area contributed by atoms with E-state index in [-0.39, 0.29) is 5.91 Å². The molecule has 0 atom stereocenters. The molecule has 24 heavy (non-hydrogen) atoms. The van der Waals surface area contributed by atoms with Crippen LogP contribution in [0.2, 0.25) is 5.02 Å². The molecule has 2 aromatic carbocycles. The van der Waals surface area contributed by atoms with Crippen LogP contribution in [0, 0.1) is 0 Å². The summed E-state index contributed by atoms with van der Waals surface area (Å²) < 4.78 is 5.54. The average Bonchev–Trinajstić information content (AvgIpc) is 2.59. The van der Waals surface area contributed by atoms with Gasteiger partial charge in [0.15, 0.2) is 0 Å². The first-order valence-electron chi connectivity index (χ1n) is 8.12. The summed E-state index contributed by atoms with van der Waals surface area (Å²) in [5.41, 5.74) is 2.34. The predicted molar refractivity (Wildman–Crippen MR) is 99.3 cm³/mol. The molecule has 0 radical (unpaired) electrons. The van der Waals surface area contributed by atoms with Crippen LogP contribution < -0.4 is 15.4 Å². The molecule has 2 rings (SSSR count). The Labute approximate surface area is 148 Å². The van der Waals surface area contributed by atoms with Crippen molar-refractivity contribution in [3.05, 3.63) is 58.6 Å². The molecule has 0 spiro atoms. The monoisotopic (exact) mass is 346 g/mol. The van der Waals surface area contributed by atoms with Crippen LogP contribution in [-0.2, 0) is 6.42 Å². The number of hydrogen-bond donors (Lipinski definition) is 2. The molecule has 0 saturated heterocycles. The fourth-order valence-electron chi connectivity index (χ4n) is 2.33. The summed E-state index contributed by atoms with van der Waals surface area (Å²) in [7, 11) is 1.90. The minimum Gasteiger partial charge on any atom is -0.492 e. The SMILES string of the molecule is CCCOc1ccc(NC(=O)c2ccccc2CCNC)cc1Cl. The van der Waals surface area contributed by atoms with Crippen LogP contribution in [0.3, 0.4) is 0 Å². The standard InChI is InChI=1S/C19H23ClN2O2/c1-3-12-24-18-9-8-15(13-17(18)20)22-19(23)16-7-5-4-6-14(16)10-11-21-2/h4-9,13,21H,3,10-12H2,1-2H3,(H,22,23). The van der Waals surface area contributed by atoms with E-state index in [1.54, 1.807) is 18.2 Å². The minimum atomic E-state index is -0.139. The van der Waals surface area contributed by atoms with Crippen molar-refractivity contribution < 1.29 is 9.53 Å². The van der Waals surface area contributed by atoms with Gasteiger partial charge in [0.2, 0.25) is 0 Å². The fourth-order valence-corrected chi connectivity index (χ4v) is 2.56. The van der Waals surface area contributed by atoms with Gasteiger partial charge in [-0.1, -0.05) is 36.7 Å². The molecule has 4 nitrogen and oxygen atoms in total. The van der Waals surface area contributed by atoms with Gasteiger partial charge in [-0.25, -0.2) is 0 Å². The Morgan fingerprint density at radius 1 is 1.21 bits per heavy atom. The highest BCUT2D eigenvalue weighted by Gasteiger charge is 2.12. The van der Waals surface area contributed by atoms with Gasteiger partial charge >= 0.3 is 0 Å². The van der Waals surface area contributed by atoms with Gasteiger partial charge in [0, 0.05) is 11.3 Å². The molecular weight excluding hydrogens is 324 g/mol. The van der Waals surface area contributed by atoms with E-state index in [1.165, 1.54) is 0 Å². The Morgan fingerprint density at radius 3 is 2.71 bits per heavy atom. The molecule has 0 aromatic heterocycles. The van der Waals surface area contributed by atoms with Crippen molar-refractivity contribution in [1.29, 1.82) is 0 Å². The first-order chi connectivity index (χ1) is 11.7. The van der Waals surface area contributed by atoms with Gasteiger partial charge in [-0.05, 0) is 56.3 Å². The van der Waals surface area contributed by atoms with E-state index >= 15 is 0 Å². The van der Waals surface area contributed by atoms with Gasteiger partial charge in [0.05, 0.1) is 11.6 Å². The first kappa shape index (κ1) is 18.3. The van der Waals surface area contributed by atoms with Crippen LogP contribution in [0.25, 0.3) is 0 Å². The van der Waals surface area contributed by atoms with Crippen LogP contribution in [0.1, 0.15) is 29.3 Å². The van der Waals surface area contributed by atoms with E-state index in [0.717, 1.165) is 24.9 Å². The molecule has 2 N–H and O–H groups in total. The van der Waals surface area contributed by atoms with Gasteiger partial charge in [0.25, 0.3) is 5.91 Å². The molecule has 0 bridgehead atoms.